The lowest BCUT2D eigenvalue weighted by Gasteiger charge is -2.28. The highest BCUT2D eigenvalue weighted by Gasteiger charge is 2.34. The molecule has 0 bridgehead atoms. The van der Waals surface area contributed by atoms with Crippen LogP contribution >= 0.6 is 16.1 Å². The maximum atomic E-state index is 12.6. The SMILES string of the molecule is CC(C)(C)c1cc(Cc2cc(C(C)(C)C)cc(C(C)(C)C)c2[P+](=O)[O-])c([P+](=O)[O-])c(C(C)(C)C)c1. The average molecular weight is 517 g/mol. The van der Waals surface area contributed by atoms with E-state index in [0.29, 0.717) is 21.7 Å². The van der Waals surface area contributed by atoms with Crippen molar-refractivity contribution in [3.05, 3.63) is 57.6 Å². The molecule has 2 rings (SSSR count). The summed E-state index contributed by atoms with van der Waals surface area (Å²) in [5.41, 5.74) is 3.75. The lowest BCUT2D eigenvalue weighted by molar-refractivity contribution is -0.161. The molecule has 0 saturated carbocycles. The lowest BCUT2D eigenvalue weighted by Crippen LogP contribution is -2.30. The highest BCUT2D eigenvalue weighted by Crippen LogP contribution is 2.36. The summed E-state index contributed by atoms with van der Waals surface area (Å²) < 4.78 is 25.3. The first-order valence-electron chi connectivity index (χ1n) is 12.2. The minimum absolute atomic E-state index is 0.196. The van der Waals surface area contributed by atoms with Gasteiger partial charge in [-0.3, -0.25) is 0 Å². The van der Waals surface area contributed by atoms with Crippen LogP contribution in [0.1, 0.15) is 116 Å². The molecule has 0 aliphatic rings. The van der Waals surface area contributed by atoms with Gasteiger partial charge in [-0.25, -0.2) is 0 Å². The number of rotatable bonds is 4. The van der Waals surface area contributed by atoms with E-state index in [1.54, 1.807) is 0 Å². The van der Waals surface area contributed by atoms with E-state index in [4.69, 9.17) is 0 Å². The van der Waals surface area contributed by atoms with Gasteiger partial charge in [0.2, 0.25) is 0 Å². The number of hydrogen-bond acceptors (Lipinski definition) is 4. The first-order valence-corrected chi connectivity index (χ1v) is 14.5. The van der Waals surface area contributed by atoms with Crippen molar-refractivity contribution in [1.82, 2.24) is 0 Å². The molecule has 192 valence electrons. The monoisotopic (exact) mass is 516 g/mol. The Kier molecular flexibility index (Phi) is 8.33. The average Bonchev–Trinajstić information content (AvgIpc) is 2.63. The maximum Gasteiger partial charge on any atom is 0.349 e. The van der Waals surface area contributed by atoms with Crippen LogP contribution in [0.3, 0.4) is 0 Å². The smallest absolute Gasteiger partial charge is 0.349 e. The van der Waals surface area contributed by atoms with E-state index in [9.17, 15) is 18.9 Å². The van der Waals surface area contributed by atoms with E-state index in [0.717, 1.165) is 22.3 Å². The Morgan fingerprint density at radius 2 is 0.829 bits per heavy atom. The Balaban J connectivity index is 3.02. The second-order valence-corrected chi connectivity index (χ2v) is 15.7. The van der Waals surface area contributed by atoms with Crippen LogP contribution < -0.4 is 20.4 Å². The molecule has 0 heterocycles. The van der Waals surface area contributed by atoms with Crippen LogP contribution in [0.2, 0.25) is 0 Å². The molecule has 2 unspecified atom stereocenters. The van der Waals surface area contributed by atoms with Gasteiger partial charge in [-0.05, 0) is 32.8 Å². The minimum atomic E-state index is -2.88. The van der Waals surface area contributed by atoms with Crippen molar-refractivity contribution in [1.29, 1.82) is 0 Å². The van der Waals surface area contributed by atoms with Crippen molar-refractivity contribution in [3.8, 4) is 0 Å². The molecule has 6 heteroatoms. The molecule has 2 aromatic rings. The van der Waals surface area contributed by atoms with Crippen LogP contribution in [0.4, 0.5) is 0 Å². The van der Waals surface area contributed by atoms with Gasteiger partial charge in [-0.15, -0.1) is 0 Å². The van der Waals surface area contributed by atoms with Gasteiger partial charge in [0.05, 0.1) is 0 Å². The summed E-state index contributed by atoms with van der Waals surface area (Å²) in [7, 11) is -5.76. The Morgan fingerprint density at radius 3 is 1.03 bits per heavy atom. The lowest BCUT2D eigenvalue weighted by atomic mass is 9.77. The summed E-state index contributed by atoms with van der Waals surface area (Å²) in [5.74, 6) is 0. The molecule has 35 heavy (non-hydrogen) atoms. The molecular formula is C29H42O4P2. The van der Waals surface area contributed by atoms with E-state index in [2.05, 4.69) is 41.5 Å². The van der Waals surface area contributed by atoms with E-state index in [-0.39, 0.29) is 17.3 Å². The molecule has 0 fully saturated rings. The normalized spacial score (nSPS) is 14.2. The van der Waals surface area contributed by atoms with E-state index < -0.39 is 26.9 Å². The molecule has 0 aliphatic heterocycles. The zero-order chi connectivity index (χ0) is 27.3. The summed E-state index contributed by atoms with van der Waals surface area (Å²) in [6, 6.07) is 7.92. The summed E-state index contributed by atoms with van der Waals surface area (Å²) in [5, 5.41) is 0.622. The Morgan fingerprint density at radius 1 is 0.543 bits per heavy atom. The molecule has 0 radical (unpaired) electrons. The fourth-order valence-electron chi connectivity index (χ4n) is 4.30. The van der Waals surface area contributed by atoms with Crippen molar-refractivity contribution < 1.29 is 18.9 Å². The first-order chi connectivity index (χ1) is 15.5. The van der Waals surface area contributed by atoms with Gasteiger partial charge in [0.25, 0.3) is 0 Å². The number of hydrogen-bond donors (Lipinski definition) is 0. The van der Waals surface area contributed by atoms with Gasteiger partial charge in [0.1, 0.15) is 0 Å². The summed E-state index contributed by atoms with van der Waals surface area (Å²) >= 11 is 0. The molecule has 0 aromatic heterocycles. The largest absolute Gasteiger partial charge is 0.591 e. The highest BCUT2D eigenvalue weighted by molar-refractivity contribution is 7.46. The molecule has 0 saturated heterocycles. The molecule has 2 atom stereocenters. The molecule has 0 amide bonds. The summed E-state index contributed by atoms with van der Waals surface area (Å²) in [4.78, 5) is 25.3. The van der Waals surface area contributed by atoms with Gasteiger partial charge >= 0.3 is 16.1 Å². The zero-order valence-corrected chi connectivity index (χ0v) is 25.3. The second-order valence-electron chi connectivity index (χ2n) is 13.8. The third-order valence-corrected chi connectivity index (χ3v) is 8.26. The van der Waals surface area contributed by atoms with Crippen LogP contribution in [0.25, 0.3) is 0 Å². The van der Waals surface area contributed by atoms with E-state index in [1.165, 1.54) is 0 Å². The first kappa shape index (κ1) is 29.8. The third-order valence-electron chi connectivity index (χ3n) is 6.47. The molecule has 0 N–H and O–H groups in total. The third kappa shape index (κ3) is 6.86. The standard InChI is InChI=1S/C29H42O4P2/c1-26(2,3)20-14-18(24(34(30)31)22(16-20)28(7,8)9)13-19-15-21(27(4,5)6)17-23(29(10,11)12)25(19)35(32)33/h14-17H,13H2,1-12H3. The van der Waals surface area contributed by atoms with Crippen molar-refractivity contribution in [3.63, 3.8) is 0 Å². The zero-order valence-electron chi connectivity index (χ0n) is 23.5. The Bertz CT molecular complexity index is 1060. The topological polar surface area (TPSA) is 80.3 Å². The Hall–Kier alpha value is -1.44. The molecule has 4 nitrogen and oxygen atoms in total. The van der Waals surface area contributed by atoms with Gasteiger partial charge < -0.3 is 9.79 Å². The predicted octanol–water partition coefficient (Wildman–Crippen LogP) is 5.92. The van der Waals surface area contributed by atoms with Crippen LogP contribution in [-0.2, 0) is 37.2 Å². The fraction of sp³-hybridized carbons (Fsp3) is 0.586. The van der Waals surface area contributed by atoms with E-state index >= 15 is 0 Å². The van der Waals surface area contributed by atoms with Gasteiger partial charge in [-0.1, -0.05) is 116 Å². The quantitative estimate of drug-likeness (QED) is 0.472. The molecular weight excluding hydrogens is 474 g/mol. The van der Waals surface area contributed by atoms with Crippen molar-refractivity contribution in [2.24, 2.45) is 0 Å². The van der Waals surface area contributed by atoms with Crippen LogP contribution in [0.5, 0.6) is 0 Å². The summed E-state index contributed by atoms with van der Waals surface area (Å²) in [6.07, 6.45) is 0.233. The molecule has 0 spiro atoms. The van der Waals surface area contributed by atoms with Crippen LogP contribution in [0.15, 0.2) is 24.3 Å². The van der Waals surface area contributed by atoms with Crippen LogP contribution in [-0.4, -0.2) is 0 Å². The second kappa shape index (κ2) is 9.79. The minimum Gasteiger partial charge on any atom is -0.591 e. The van der Waals surface area contributed by atoms with Crippen LogP contribution in [0, 0.1) is 0 Å². The van der Waals surface area contributed by atoms with E-state index in [1.807, 2.05) is 65.8 Å². The van der Waals surface area contributed by atoms with Gasteiger partial charge in [-0.2, -0.15) is 0 Å². The summed E-state index contributed by atoms with van der Waals surface area (Å²) in [6.45, 7) is 24.7. The van der Waals surface area contributed by atoms with Gasteiger partial charge in [0, 0.05) is 28.7 Å². The van der Waals surface area contributed by atoms with Gasteiger partial charge in [0.15, 0.2) is 10.6 Å². The Labute approximate surface area is 214 Å². The van der Waals surface area contributed by atoms with Crippen molar-refractivity contribution in [2.75, 3.05) is 0 Å². The molecule has 2 aromatic carbocycles. The fourth-order valence-corrected chi connectivity index (χ4v) is 6.25. The van der Waals surface area contributed by atoms with Crippen molar-refractivity contribution in [2.45, 2.75) is 111 Å². The molecule has 0 aliphatic carbocycles. The van der Waals surface area contributed by atoms with Crippen molar-refractivity contribution >= 4 is 26.7 Å². The predicted molar refractivity (Wildman–Crippen MR) is 145 cm³/mol. The number of benzene rings is 2. The highest BCUT2D eigenvalue weighted by atomic mass is 31.1. The maximum absolute atomic E-state index is 12.6.